The first kappa shape index (κ1) is 31.1. The Hall–Kier alpha value is -4.34. The molecular weight excluding hydrogens is 598 g/mol. The van der Waals surface area contributed by atoms with Crippen LogP contribution in [0.1, 0.15) is 43.5 Å². The molecule has 1 aliphatic rings. The summed E-state index contributed by atoms with van der Waals surface area (Å²) in [4.78, 5) is 34.4. The molecule has 1 aliphatic heterocycles. The molecule has 0 radical (unpaired) electrons. The van der Waals surface area contributed by atoms with Crippen LogP contribution in [0.4, 0.5) is 5.69 Å². The Balaban J connectivity index is 1.55. The summed E-state index contributed by atoms with van der Waals surface area (Å²) in [7, 11) is 3.92. The number of thiazole rings is 1. The van der Waals surface area contributed by atoms with Crippen LogP contribution in [0.15, 0.2) is 87.8 Å². The van der Waals surface area contributed by atoms with Crippen molar-refractivity contribution in [2.45, 2.75) is 33.4 Å². The summed E-state index contributed by atoms with van der Waals surface area (Å²) in [5.41, 5.74) is 4.18. The zero-order chi connectivity index (χ0) is 31.4. The number of ether oxygens (including phenoxy) is 3. The van der Waals surface area contributed by atoms with Crippen LogP contribution in [-0.2, 0) is 16.1 Å². The summed E-state index contributed by atoms with van der Waals surface area (Å²) in [5, 5.41) is 0.666. The van der Waals surface area contributed by atoms with E-state index < -0.39 is 12.0 Å². The number of nitrogens with zero attached hydrogens (tertiary/aromatic N) is 3. The number of benzene rings is 3. The molecule has 0 aliphatic carbocycles. The minimum atomic E-state index is -0.675. The molecule has 10 heteroatoms. The summed E-state index contributed by atoms with van der Waals surface area (Å²) < 4.78 is 19.4. The van der Waals surface area contributed by atoms with Gasteiger partial charge in [0.05, 0.1) is 35.1 Å². The van der Waals surface area contributed by atoms with Gasteiger partial charge in [-0.05, 0) is 79.9 Å². The second kappa shape index (κ2) is 13.5. The number of hydrogen-bond acceptors (Lipinski definition) is 8. The normalized spacial score (nSPS) is 14.6. The van der Waals surface area contributed by atoms with E-state index in [0.717, 1.165) is 22.4 Å². The second-order valence-electron chi connectivity index (χ2n) is 10.3. The largest absolute Gasteiger partial charge is 0.490 e. The van der Waals surface area contributed by atoms with Crippen LogP contribution >= 0.6 is 22.9 Å². The van der Waals surface area contributed by atoms with Gasteiger partial charge in [0.2, 0.25) is 0 Å². The van der Waals surface area contributed by atoms with Gasteiger partial charge in [-0.1, -0.05) is 53.3 Å². The first-order chi connectivity index (χ1) is 21.2. The van der Waals surface area contributed by atoms with E-state index in [4.69, 9.17) is 25.8 Å². The van der Waals surface area contributed by atoms with Gasteiger partial charge in [-0.2, -0.15) is 0 Å². The lowest BCUT2D eigenvalue weighted by molar-refractivity contribution is -0.139. The maximum Gasteiger partial charge on any atom is 0.338 e. The maximum absolute atomic E-state index is 14.0. The van der Waals surface area contributed by atoms with Crippen LogP contribution in [0, 0.1) is 0 Å². The first-order valence-electron chi connectivity index (χ1n) is 14.3. The summed E-state index contributed by atoms with van der Waals surface area (Å²) >= 11 is 7.28. The second-order valence-corrected chi connectivity index (χ2v) is 11.8. The fourth-order valence-electron chi connectivity index (χ4n) is 4.96. The van der Waals surface area contributed by atoms with Gasteiger partial charge in [0.1, 0.15) is 6.61 Å². The average molecular weight is 632 g/mol. The Morgan fingerprint density at radius 3 is 2.39 bits per heavy atom. The van der Waals surface area contributed by atoms with E-state index in [-0.39, 0.29) is 12.2 Å². The van der Waals surface area contributed by atoms with Crippen molar-refractivity contribution in [3.8, 4) is 11.5 Å². The zero-order valence-corrected chi connectivity index (χ0v) is 26.9. The molecule has 0 unspecified atom stereocenters. The van der Waals surface area contributed by atoms with E-state index >= 15 is 0 Å². The molecule has 228 valence electrons. The third-order valence-electron chi connectivity index (χ3n) is 7.12. The number of allylic oxidation sites excluding steroid dienone is 1. The minimum absolute atomic E-state index is 0.216. The number of esters is 1. The zero-order valence-electron chi connectivity index (χ0n) is 25.3. The topological polar surface area (TPSA) is 82.4 Å². The van der Waals surface area contributed by atoms with E-state index in [2.05, 4.69) is 4.99 Å². The van der Waals surface area contributed by atoms with Gasteiger partial charge in [0.25, 0.3) is 5.56 Å². The summed E-state index contributed by atoms with van der Waals surface area (Å²) in [6.07, 6.45) is 1.81. The van der Waals surface area contributed by atoms with Crippen LogP contribution in [0.25, 0.3) is 6.08 Å². The molecular formula is C34H34ClN3O5S. The summed E-state index contributed by atoms with van der Waals surface area (Å²) in [6.45, 7) is 6.46. The number of carbonyl (C=O) groups is 1. The number of aromatic nitrogens is 1. The third-order valence-corrected chi connectivity index (χ3v) is 8.35. The molecule has 0 saturated heterocycles. The van der Waals surface area contributed by atoms with Crippen molar-refractivity contribution >= 4 is 40.7 Å². The Kier molecular flexibility index (Phi) is 9.56. The van der Waals surface area contributed by atoms with E-state index in [9.17, 15) is 9.59 Å². The lowest BCUT2D eigenvalue weighted by Crippen LogP contribution is -2.39. The molecule has 44 heavy (non-hydrogen) atoms. The molecule has 1 aromatic heterocycles. The van der Waals surface area contributed by atoms with Crippen molar-refractivity contribution in [1.82, 2.24) is 4.57 Å². The molecule has 0 fully saturated rings. The molecule has 1 atom stereocenters. The lowest BCUT2D eigenvalue weighted by Gasteiger charge is -2.25. The highest BCUT2D eigenvalue weighted by Gasteiger charge is 2.33. The van der Waals surface area contributed by atoms with Crippen LogP contribution in [0.3, 0.4) is 0 Å². The van der Waals surface area contributed by atoms with E-state index in [1.807, 2.05) is 98.7 Å². The van der Waals surface area contributed by atoms with E-state index in [0.29, 0.717) is 50.3 Å². The molecule has 0 spiro atoms. The molecule has 4 aromatic rings. The van der Waals surface area contributed by atoms with Crippen LogP contribution in [0.2, 0.25) is 5.02 Å². The Morgan fingerprint density at radius 2 is 1.73 bits per heavy atom. The molecule has 0 N–H and O–H groups in total. The maximum atomic E-state index is 14.0. The number of fused-ring (bicyclic) bond motifs is 1. The molecule has 2 heterocycles. The summed E-state index contributed by atoms with van der Waals surface area (Å²) in [5.74, 6) is 0.679. The molecule has 5 rings (SSSR count). The predicted octanol–water partition coefficient (Wildman–Crippen LogP) is 5.50. The smallest absolute Gasteiger partial charge is 0.338 e. The minimum Gasteiger partial charge on any atom is -0.490 e. The van der Waals surface area contributed by atoms with Gasteiger partial charge in [-0.3, -0.25) is 9.36 Å². The van der Waals surface area contributed by atoms with E-state index in [1.54, 1.807) is 18.4 Å². The van der Waals surface area contributed by atoms with Gasteiger partial charge in [-0.25, -0.2) is 9.79 Å². The number of hydrogen-bond donors (Lipinski definition) is 0. The first-order valence-corrected chi connectivity index (χ1v) is 15.5. The highest BCUT2D eigenvalue weighted by atomic mass is 35.5. The van der Waals surface area contributed by atoms with Crippen molar-refractivity contribution in [1.29, 1.82) is 0 Å². The van der Waals surface area contributed by atoms with Gasteiger partial charge < -0.3 is 19.1 Å². The van der Waals surface area contributed by atoms with Crippen LogP contribution < -0.4 is 29.3 Å². The quantitative estimate of drug-likeness (QED) is 0.215. The third kappa shape index (κ3) is 6.59. The van der Waals surface area contributed by atoms with Gasteiger partial charge in [0, 0.05) is 24.8 Å². The fraction of sp³-hybridized carbons (Fsp3) is 0.265. The SMILES string of the molecule is CCOC(=O)C1=C(C)N=c2s/c(=C\c3ccc(OCc4ccc(Cl)cc4)c(OCC)c3)c(=O)n2[C@@H]1c1ccc(N(C)C)cc1. The van der Waals surface area contributed by atoms with Gasteiger partial charge >= 0.3 is 5.97 Å². The van der Waals surface area contributed by atoms with Gasteiger partial charge in [-0.15, -0.1) is 0 Å². The average Bonchev–Trinajstić information content (AvgIpc) is 3.31. The van der Waals surface area contributed by atoms with Crippen molar-refractivity contribution in [2.24, 2.45) is 4.99 Å². The van der Waals surface area contributed by atoms with Crippen molar-refractivity contribution < 1.29 is 19.0 Å². The highest BCUT2D eigenvalue weighted by molar-refractivity contribution is 7.07. The summed E-state index contributed by atoms with van der Waals surface area (Å²) in [6, 6.07) is 20.2. The Morgan fingerprint density at radius 1 is 1.00 bits per heavy atom. The van der Waals surface area contributed by atoms with Crippen molar-refractivity contribution in [2.75, 3.05) is 32.2 Å². The fourth-order valence-corrected chi connectivity index (χ4v) is 6.13. The standard InChI is InChI=1S/C34H34ClN3O5S/c1-6-41-28-18-23(10-17-27(28)43-20-22-8-13-25(35)14-9-22)19-29-32(39)38-31(24-11-15-26(16-12-24)37(4)5)30(33(40)42-7-2)21(3)36-34(38)44-29/h8-19,31H,6-7,20H2,1-5H3/b29-19-/t31-/m1/s1. The van der Waals surface area contributed by atoms with Gasteiger partial charge in [0.15, 0.2) is 16.3 Å². The number of halogens is 1. The van der Waals surface area contributed by atoms with E-state index in [1.165, 1.54) is 11.3 Å². The highest BCUT2D eigenvalue weighted by Crippen LogP contribution is 2.32. The molecule has 3 aromatic carbocycles. The molecule has 0 amide bonds. The van der Waals surface area contributed by atoms with Crippen LogP contribution in [-0.4, -0.2) is 37.8 Å². The number of carbonyl (C=O) groups excluding carboxylic acids is 1. The Labute approximate surface area is 265 Å². The van der Waals surface area contributed by atoms with Crippen LogP contribution in [0.5, 0.6) is 11.5 Å². The van der Waals surface area contributed by atoms with Crippen molar-refractivity contribution in [3.63, 3.8) is 0 Å². The lowest BCUT2D eigenvalue weighted by atomic mass is 9.95. The number of rotatable bonds is 10. The monoisotopic (exact) mass is 631 g/mol. The Bertz CT molecular complexity index is 1880. The molecule has 0 saturated carbocycles. The van der Waals surface area contributed by atoms with Crippen molar-refractivity contribution in [3.05, 3.63) is 119 Å². The number of anilines is 1. The predicted molar refractivity (Wildman–Crippen MR) is 175 cm³/mol. The molecule has 0 bridgehead atoms. The molecule has 8 nitrogen and oxygen atoms in total.